The Labute approximate surface area is 133 Å². The van der Waals surface area contributed by atoms with Gasteiger partial charge >= 0.3 is 0 Å². The minimum absolute atomic E-state index is 0. The fraction of sp³-hybridized carbons (Fsp3) is 0.562. The number of nitrogens with two attached hydrogens (primary N) is 1. The molecule has 1 fully saturated rings. The first kappa shape index (κ1) is 18.0. The van der Waals surface area contributed by atoms with Crippen molar-refractivity contribution in [1.29, 1.82) is 0 Å². The molecule has 1 aliphatic rings. The van der Waals surface area contributed by atoms with E-state index in [1.54, 1.807) is 0 Å². The zero-order valence-electron chi connectivity index (χ0n) is 12.5. The molecule has 0 spiro atoms. The van der Waals surface area contributed by atoms with E-state index in [0.717, 1.165) is 52.0 Å². The Hall–Kier alpha value is -1.10. The first-order chi connectivity index (χ1) is 9.79. The van der Waals surface area contributed by atoms with Gasteiger partial charge in [-0.15, -0.1) is 12.4 Å². The SMILES string of the molecule is Cl.NCCN(CCc1ccccc1)CCN1CCCC1=O. The minimum atomic E-state index is 0. The van der Waals surface area contributed by atoms with Gasteiger partial charge in [-0.05, 0) is 18.4 Å². The van der Waals surface area contributed by atoms with Crippen LogP contribution in [0.2, 0.25) is 0 Å². The average Bonchev–Trinajstić information content (AvgIpc) is 2.88. The zero-order chi connectivity index (χ0) is 14.2. The van der Waals surface area contributed by atoms with Crippen molar-refractivity contribution in [3.8, 4) is 0 Å². The molecule has 0 unspecified atom stereocenters. The van der Waals surface area contributed by atoms with Gasteiger partial charge in [0.2, 0.25) is 5.91 Å². The van der Waals surface area contributed by atoms with E-state index in [1.165, 1.54) is 5.56 Å². The van der Waals surface area contributed by atoms with Crippen molar-refractivity contribution < 1.29 is 4.79 Å². The second kappa shape index (κ2) is 9.77. The van der Waals surface area contributed by atoms with E-state index < -0.39 is 0 Å². The molecule has 118 valence electrons. The first-order valence-corrected chi connectivity index (χ1v) is 7.53. The van der Waals surface area contributed by atoms with E-state index >= 15 is 0 Å². The Balaban J connectivity index is 0.00000220. The number of benzene rings is 1. The van der Waals surface area contributed by atoms with Gasteiger partial charge < -0.3 is 10.6 Å². The van der Waals surface area contributed by atoms with Crippen LogP contribution in [0.5, 0.6) is 0 Å². The van der Waals surface area contributed by atoms with Crippen molar-refractivity contribution in [2.75, 3.05) is 39.3 Å². The van der Waals surface area contributed by atoms with E-state index in [4.69, 9.17) is 5.73 Å². The number of likely N-dealkylation sites (tertiary alicyclic amines) is 1. The van der Waals surface area contributed by atoms with Crippen LogP contribution in [0.15, 0.2) is 30.3 Å². The highest BCUT2D eigenvalue weighted by molar-refractivity contribution is 5.85. The van der Waals surface area contributed by atoms with Crippen molar-refractivity contribution in [2.45, 2.75) is 19.3 Å². The lowest BCUT2D eigenvalue weighted by Gasteiger charge is -2.25. The molecule has 0 radical (unpaired) electrons. The summed E-state index contributed by atoms with van der Waals surface area (Å²) >= 11 is 0. The molecule has 21 heavy (non-hydrogen) atoms. The number of hydrogen-bond donors (Lipinski definition) is 1. The van der Waals surface area contributed by atoms with Crippen molar-refractivity contribution in [2.24, 2.45) is 5.73 Å². The zero-order valence-corrected chi connectivity index (χ0v) is 13.4. The molecule has 0 aromatic heterocycles. The van der Waals surface area contributed by atoms with Gasteiger partial charge in [0, 0.05) is 45.7 Å². The standard InChI is InChI=1S/C16H25N3O.ClH/c17-9-12-18(11-8-15-5-2-1-3-6-15)13-14-19-10-4-7-16(19)20;/h1-3,5-6H,4,7-14,17H2;1H. The third-order valence-electron chi connectivity index (χ3n) is 3.86. The Bertz CT molecular complexity index is 413. The minimum Gasteiger partial charge on any atom is -0.341 e. The molecule has 2 N–H and O–H groups in total. The summed E-state index contributed by atoms with van der Waals surface area (Å²) in [4.78, 5) is 15.9. The monoisotopic (exact) mass is 311 g/mol. The fourth-order valence-corrected chi connectivity index (χ4v) is 2.65. The van der Waals surface area contributed by atoms with Gasteiger partial charge in [0.05, 0.1) is 0 Å². The molecular weight excluding hydrogens is 286 g/mol. The van der Waals surface area contributed by atoms with Crippen molar-refractivity contribution in [3.05, 3.63) is 35.9 Å². The molecule has 1 heterocycles. The number of amides is 1. The summed E-state index contributed by atoms with van der Waals surface area (Å²) in [6.45, 7) is 5.26. The normalized spacial score (nSPS) is 14.6. The third kappa shape index (κ3) is 6.04. The van der Waals surface area contributed by atoms with E-state index in [9.17, 15) is 4.79 Å². The quantitative estimate of drug-likeness (QED) is 0.792. The van der Waals surface area contributed by atoms with Gasteiger partial charge in [0.15, 0.2) is 0 Å². The number of hydrogen-bond acceptors (Lipinski definition) is 3. The lowest BCUT2D eigenvalue weighted by Crippen LogP contribution is -2.39. The van der Waals surface area contributed by atoms with Crippen LogP contribution in [-0.2, 0) is 11.2 Å². The molecule has 1 aromatic carbocycles. The summed E-state index contributed by atoms with van der Waals surface area (Å²) in [5.74, 6) is 0.306. The maximum atomic E-state index is 11.6. The molecule has 1 aliphatic heterocycles. The van der Waals surface area contributed by atoms with Gasteiger partial charge in [-0.3, -0.25) is 9.69 Å². The van der Waals surface area contributed by atoms with Crippen LogP contribution in [0, 0.1) is 0 Å². The van der Waals surface area contributed by atoms with Crippen molar-refractivity contribution in [3.63, 3.8) is 0 Å². The Morgan fingerprint density at radius 3 is 2.52 bits per heavy atom. The summed E-state index contributed by atoms with van der Waals surface area (Å²) in [6, 6.07) is 10.5. The van der Waals surface area contributed by atoms with Crippen LogP contribution in [-0.4, -0.2) is 55.0 Å². The summed E-state index contributed by atoms with van der Waals surface area (Å²) in [5.41, 5.74) is 7.04. The molecule has 0 saturated carbocycles. The highest BCUT2D eigenvalue weighted by atomic mass is 35.5. The van der Waals surface area contributed by atoms with Crippen LogP contribution < -0.4 is 5.73 Å². The van der Waals surface area contributed by atoms with E-state index in [1.807, 2.05) is 11.0 Å². The highest BCUT2D eigenvalue weighted by Crippen LogP contribution is 2.09. The molecule has 1 amide bonds. The smallest absolute Gasteiger partial charge is 0.222 e. The molecule has 0 atom stereocenters. The number of rotatable bonds is 8. The topological polar surface area (TPSA) is 49.6 Å². The molecule has 1 aromatic rings. The van der Waals surface area contributed by atoms with E-state index in [2.05, 4.69) is 29.2 Å². The number of nitrogens with zero attached hydrogens (tertiary/aromatic N) is 2. The van der Waals surface area contributed by atoms with E-state index in [0.29, 0.717) is 12.5 Å². The molecular formula is C16H26ClN3O. The van der Waals surface area contributed by atoms with Gasteiger partial charge in [-0.25, -0.2) is 0 Å². The lowest BCUT2D eigenvalue weighted by molar-refractivity contribution is -0.127. The van der Waals surface area contributed by atoms with Crippen LogP contribution in [0.4, 0.5) is 0 Å². The van der Waals surface area contributed by atoms with Crippen LogP contribution >= 0.6 is 12.4 Å². The molecule has 4 nitrogen and oxygen atoms in total. The summed E-state index contributed by atoms with van der Waals surface area (Å²) in [6.07, 6.45) is 2.77. The predicted molar refractivity (Wildman–Crippen MR) is 88.7 cm³/mol. The molecule has 0 aliphatic carbocycles. The first-order valence-electron chi connectivity index (χ1n) is 7.53. The van der Waals surface area contributed by atoms with Gasteiger partial charge in [-0.1, -0.05) is 30.3 Å². The molecule has 1 saturated heterocycles. The lowest BCUT2D eigenvalue weighted by atomic mass is 10.1. The van der Waals surface area contributed by atoms with Gasteiger partial charge in [-0.2, -0.15) is 0 Å². The summed E-state index contributed by atoms with van der Waals surface area (Å²) < 4.78 is 0. The van der Waals surface area contributed by atoms with Crippen LogP contribution in [0.1, 0.15) is 18.4 Å². The fourth-order valence-electron chi connectivity index (χ4n) is 2.65. The van der Waals surface area contributed by atoms with Crippen molar-refractivity contribution in [1.82, 2.24) is 9.80 Å². The van der Waals surface area contributed by atoms with Crippen molar-refractivity contribution >= 4 is 18.3 Å². The van der Waals surface area contributed by atoms with Gasteiger partial charge in [0.25, 0.3) is 0 Å². The number of carbonyl (C=O) groups excluding carboxylic acids is 1. The Morgan fingerprint density at radius 1 is 1.14 bits per heavy atom. The summed E-state index contributed by atoms with van der Waals surface area (Å²) in [7, 11) is 0. The van der Waals surface area contributed by atoms with Gasteiger partial charge in [0.1, 0.15) is 0 Å². The second-order valence-corrected chi connectivity index (χ2v) is 5.35. The predicted octanol–water partition coefficient (Wildman–Crippen LogP) is 1.53. The average molecular weight is 312 g/mol. The number of carbonyl (C=O) groups is 1. The van der Waals surface area contributed by atoms with Crippen LogP contribution in [0.25, 0.3) is 0 Å². The second-order valence-electron chi connectivity index (χ2n) is 5.35. The third-order valence-corrected chi connectivity index (χ3v) is 3.86. The highest BCUT2D eigenvalue weighted by Gasteiger charge is 2.20. The van der Waals surface area contributed by atoms with E-state index in [-0.39, 0.29) is 12.4 Å². The maximum Gasteiger partial charge on any atom is 0.222 e. The van der Waals surface area contributed by atoms with Crippen LogP contribution in [0.3, 0.4) is 0 Å². The Morgan fingerprint density at radius 2 is 1.90 bits per heavy atom. The number of halogens is 1. The molecule has 2 rings (SSSR count). The maximum absolute atomic E-state index is 11.6. The summed E-state index contributed by atoms with van der Waals surface area (Å²) in [5, 5.41) is 0. The molecule has 5 heteroatoms. The Kier molecular flexibility index (Phi) is 8.35. The largest absolute Gasteiger partial charge is 0.341 e. The molecule has 0 bridgehead atoms.